The van der Waals surface area contributed by atoms with Crippen LogP contribution in [-0.4, -0.2) is 31.5 Å². The van der Waals surface area contributed by atoms with Crippen molar-refractivity contribution in [3.05, 3.63) is 41.8 Å². The molecule has 1 N–H and O–H groups in total. The Balaban J connectivity index is 2.17. The zero-order valence-electron chi connectivity index (χ0n) is 11.4. The first kappa shape index (κ1) is 14.9. The highest BCUT2D eigenvalue weighted by Crippen LogP contribution is 2.18. The summed E-state index contributed by atoms with van der Waals surface area (Å²) < 4.78 is 36.0. The molecule has 0 fully saturated rings. The van der Waals surface area contributed by atoms with Gasteiger partial charge in [-0.15, -0.1) is 0 Å². The summed E-state index contributed by atoms with van der Waals surface area (Å²) in [5.74, 6) is -0.272. The Morgan fingerprint density at radius 2 is 2.15 bits per heavy atom. The molecule has 2 aromatic rings. The highest BCUT2D eigenvalue weighted by atomic mass is 32.2. The lowest BCUT2D eigenvalue weighted by molar-refractivity contribution is 0.558. The van der Waals surface area contributed by atoms with Crippen LogP contribution < -0.4 is 5.32 Å². The van der Waals surface area contributed by atoms with E-state index in [-0.39, 0.29) is 17.6 Å². The second kappa shape index (κ2) is 5.85. The molecule has 0 radical (unpaired) electrons. The third kappa shape index (κ3) is 3.98. The lowest BCUT2D eigenvalue weighted by Crippen LogP contribution is -2.32. The number of hydrogen-bond acceptors (Lipinski definition) is 4. The van der Waals surface area contributed by atoms with E-state index in [0.29, 0.717) is 6.54 Å². The van der Waals surface area contributed by atoms with Crippen molar-refractivity contribution in [1.29, 1.82) is 0 Å². The van der Waals surface area contributed by atoms with Crippen LogP contribution in [0.4, 0.5) is 4.39 Å². The number of nitrogens with zero attached hydrogens (tertiary/aromatic N) is 1. The van der Waals surface area contributed by atoms with E-state index in [1.54, 1.807) is 25.3 Å². The van der Waals surface area contributed by atoms with Gasteiger partial charge in [-0.25, -0.2) is 12.8 Å². The number of fused-ring (bicyclic) bond motifs is 1. The molecule has 0 saturated carbocycles. The maximum absolute atomic E-state index is 13.5. The van der Waals surface area contributed by atoms with E-state index in [1.165, 1.54) is 18.4 Å². The molecule has 0 saturated heterocycles. The molecule has 1 aromatic heterocycles. The summed E-state index contributed by atoms with van der Waals surface area (Å²) in [7, 11) is -3.03. The van der Waals surface area contributed by atoms with Crippen LogP contribution in [0.2, 0.25) is 0 Å². The third-order valence-electron chi connectivity index (χ3n) is 2.94. The molecule has 0 aliphatic rings. The second-order valence-corrected chi connectivity index (χ2v) is 7.20. The van der Waals surface area contributed by atoms with Gasteiger partial charge in [0.15, 0.2) is 0 Å². The Bertz CT molecular complexity index is 716. The largest absolute Gasteiger partial charge is 0.309 e. The van der Waals surface area contributed by atoms with Gasteiger partial charge in [-0.05, 0) is 30.7 Å². The van der Waals surface area contributed by atoms with E-state index < -0.39 is 9.84 Å². The predicted molar refractivity (Wildman–Crippen MR) is 77.7 cm³/mol. The number of nitrogens with one attached hydrogen (secondary N) is 1. The van der Waals surface area contributed by atoms with Crippen molar-refractivity contribution in [3.8, 4) is 0 Å². The third-order valence-corrected chi connectivity index (χ3v) is 4.05. The van der Waals surface area contributed by atoms with E-state index in [0.717, 1.165) is 16.5 Å². The van der Waals surface area contributed by atoms with Gasteiger partial charge in [0.25, 0.3) is 0 Å². The van der Waals surface area contributed by atoms with Crippen molar-refractivity contribution in [2.45, 2.75) is 19.5 Å². The maximum atomic E-state index is 13.5. The molecule has 20 heavy (non-hydrogen) atoms. The van der Waals surface area contributed by atoms with Crippen LogP contribution >= 0.6 is 0 Å². The smallest absolute Gasteiger partial charge is 0.148 e. The Kier molecular flexibility index (Phi) is 4.35. The molecule has 0 amide bonds. The monoisotopic (exact) mass is 296 g/mol. The number of pyridine rings is 1. The fraction of sp³-hybridized carbons (Fsp3) is 0.357. The summed E-state index contributed by atoms with van der Waals surface area (Å²) in [6.45, 7) is 2.16. The zero-order chi connectivity index (χ0) is 14.8. The molecule has 0 aliphatic heterocycles. The molecular weight excluding hydrogens is 279 g/mol. The fourth-order valence-electron chi connectivity index (χ4n) is 2.16. The van der Waals surface area contributed by atoms with Crippen LogP contribution in [0, 0.1) is 5.82 Å². The first-order valence-electron chi connectivity index (χ1n) is 6.29. The molecule has 1 unspecified atom stereocenters. The van der Waals surface area contributed by atoms with E-state index >= 15 is 0 Å². The molecule has 0 aliphatic carbocycles. The number of aromatic nitrogens is 1. The number of halogens is 1. The lowest BCUT2D eigenvalue weighted by Gasteiger charge is -2.13. The average Bonchev–Trinajstić information content (AvgIpc) is 2.33. The van der Waals surface area contributed by atoms with Crippen LogP contribution in [0.5, 0.6) is 0 Å². The number of benzene rings is 1. The summed E-state index contributed by atoms with van der Waals surface area (Å²) in [6, 6.07) is 6.22. The summed E-state index contributed by atoms with van der Waals surface area (Å²) in [6.07, 6.45) is 2.86. The summed E-state index contributed by atoms with van der Waals surface area (Å²) in [5.41, 5.74) is 1.45. The quantitative estimate of drug-likeness (QED) is 0.915. The van der Waals surface area contributed by atoms with Crippen molar-refractivity contribution in [1.82, 2.24) is 10.3 Å². The van der Waals surface area contributed by atoms with Gasteiger partial charge in [-0.3, -0.25) is 4.98 Å². The van der Waals surface area contributed by atoms with Crippen molar-refractivity contribution < 1.29 is 12.8 Å². The minimum absolute atomic E-state index is 0.0493. The van der Waals surface area contributed by atoms with Gasteiger partial charge >= 0.3 is 0 Å². The zero-order valence-corrected chi connectivity index (χ0v) is 12.2. The lowest BCUT2D eigenvalue weighted by atomic mass is 10.1. The van der Waals surface area contributed by atoms with Crippen molar-refractivity contribution in [3.63, 3.8) is 0 Å². The summed E-state index contributed by atoms with van der Waals surface area (Å²) in [5, 5.41) is 3.83. The second-order valence-electron chi connectivity index (χ2n) is 5.01. The highest BCUT2D eigenvalue weighted by Gasteiger charge is 2.11. The van der Waals surface area contributed by atoms with Gasteiger partial charge in [0.1, 0.15) is 15.7 Å². The van der Waals surface area contributed by atoms with E-state index in [1.807, 2.05) is 0 Å². The Morgan fingerprint density at radius 3 is 2.85 bits per heavy atom. The van der Waals surface area contributed by atoms with Crippen LogP contribution in [0.3, 0.4) is 0 Å². The molecule has 6 heteroatoms. The SMILES string of the molecule is CC(CS(C)(=O)=O)NCc1cc(F)cc2cccnc12. The normalized spacial score (nSPS) is 13.6. The van der Waals surface area contributed by atoms with Gasteiger partial charge in [0, 0.05) is 30.4 Å². The van der Waals surface area contributed by atoms with Crippen LogP contribution in [0.25, 0.3) is 10.9 Å². The van der Waals surface area contributed by atoms with Crippen LogP contribution in [0.15, 0.2) is 30.5 Å². The van der Waals surface area contributed by atoms with E-state index in [9.17, 15) is 12.8 Å². The molecule has 1 heterocycles. The number of rotatable bonds is 5. The molecule has 108 valence electrons. The maximum Gasteiger partial charge on any atom is 0.148 e. The number of sulfone groups is 1. The van der Waals surface area contributed by atoms with Crippen LogP contribution in [0.1, 0.15) is 12.5 Å². The standard InChI is InChI=1S/C14H17FN2O2S/c1-10(9-20(2,18)19)17-8-12-7-13(15)6-11-4-3-5-16-14(11)12/h3-7,10,17H,8-9H2,1-2H3. The summed E-state index contributed by atoms with van der Waals surface area (Å²) in [4.78, 5) is 4.25. The van der Waals surface area contributed by atoms with Gasteiger partial charge in [-0.2, -0.15) is 0 Å². The molecular formula is C14H17FN2O2S. The molecule has 1 atom stereocenters. The molecule has 4 nitrogen and oxygen atoms in total. The Labute approximate surface area is 117 Å². The first-order chi connectivity index (χ1) is 9.35. The van der Waals surface area contributed by atoms with E-state index in [2.05, 4.69) is 10.3 Å². The molecule has 0 bridgehead atoms. The van der Waals surface area contributed by atoms with Gasteiger partial charge in [-0.1, -0.05) is 6.07 Å². The minimum atomic E-state index is -3.03. The van der Waals surface area contributed by atoms with Crippen molar-refractivity contribution >= 4 is 20.7 Å². The van der Waals surface area contributed by atoms with Gasteiger partial charge in [0.2, 0.25) is 0 Å². The number of hydrogen-bond donors (Lipinski definition) is 1. The topological polar surface area (TPSA) is 59.1 Å². The minimum Gasteiger partial charge on any atom is -0.309 e. The highest BCUT2D eigenvalue weighted by molar-refractivity contribution is 7.90. The Hall–Kier alpha value is -1.53. The fourth-order valence-corrected chi connectivity index (χ4v) is 3.19. The van der Waals surface area contributed by atoms with Crippen LogP contribution in [-0.2, 0) is 16.4 Å². The van der Waals surface area contributed by atoms with Crippen molar-refractivity contribution in [2.24, 2.45) is 0 Å². The predicted octanol–water partition coefficient (Wildman–Crippen LogP) is 1.90. The summed E-state index contributed by atoms with van der Waals surface area (Å²) >= 11 is 0. The van der Waals surface area contributed by atoms with Crippen molar-refractivity contribution in [2.75, 3.05) is 12.0 Å². The molecule has 2 rings (SSSR count). The molecule has 1 aromatic carbocycles. The average molecular weight is 296 g/mol. The van der Waals surface area contributed by atoms with Gasteiger partial charge in [0.05, 0.1) is 11.3 Å². The van der Waals surface area contributed by atoms with E-state index in [4.69, 9.17) is 0 Å². The first-order valence-corrected chi connectivity index (χ1v) is 8.35. The Morgan fingerprint density at radius 1 is 1.40 bits per heavy atom. The molecule has 0 spiro atoms. The van der Waals surface area contributed by atoms with Gasteiger partial charge < -0.3 is 5.32 Å².